The number of nitrogens with one attached hydrogen (secondary N) is 1. The monoisotopic (exact) mass is 788 g/mol. The van der Waals surface area contributed by atoms with Crippen molar-refractivity contribution < 1.29 is 15.0 Å². The topological polar surface area (TPSA) is 69.6 Å². The van der Waals surface area contributed by atoms with Gasteiger partial charge in [-0.25, -0.2) is 0 Å². The Morgan fingerprint density at radius 2 is 0.789 bits per heavy atom. The lowest BCUT2D eigenvalue weighted by Crippen LogP contribution is -2.45. The van der Waals surface area contributed by atoms with Crippen molar-refractivity contribution >= 4 is 5.91 Å². The fourth-order valence-corrected chi connectivity index (χ4v) is 6.39. The highest BCUT2D eigenvalue weighted by molar-refractivity contribution is 5.76. The lowest BCUT2D eigenvalue weighted by molar-refractivity contribution is -0.123. The molecule has 0 rings (SSSR count). The van der Waals surface area contributed by atoms with Gasteiger partial charge in [-0.15, -0.1) is 0 Å². The number of aliphatic hydroxyl groups is 2. The number of amides is 1. The lowest BCUT2D eigenvalue weighted by Gasteiger charge is -2.19. The number of rotatable bonds is 41. The van der Waals surface area contributed by atoms with Gasteiger partial charge in [-0.2, -0.15) is 0 Å². The maximum atomic E-state index is 12.4. The Hall–Kier alpha value is -2.95. The minimum Gasteiger partial charge on any atom is -0.394 e. The van der Waals surface area contributed by atoms with Crippen LogP contribution >= 0.6 is 0 Å². The van der Waals surface area contributed by atoms with Gasteiger partial charge < -0.3 is 15.5 Å². The predicted molar refractivity (Wildman–Crippen MR) is 253 cm³/mol. The second-order valence-electron chi connectivity index (χ2n) is 15.4. The third kappa shape index (κ3) is 44.0. The van der Waals surface area contributed by atoms with Gasteiger partial charge in [0.25, 0.3) is 0 Å². The fourth-order valence-electron chi connectivity index (χ4n) is 6.39. The van der Waals surface area contributed by atoms with E-state index in [2.05, 4.69) is 116 Å². The molecule has 0 saturated heterocycles. The molecule has 57 heavy (non-hydrogen) atoms. The van der Waals surface area contributed by atoms with Crippen LogP contribution in [0.4, 0.5) is 0 Å². The first-order valence-corrected chi connectivity index (χ1v) is 23.6. The van der Waals surface area contributed by atoms with Crippen molar-refractivity contribution in [2.24, 2.45) is 0 Å². The van der Waals surface area contributed by atoms with Crippen LogP contribution < -0.4 is 5.32 Å². The van der Waals surface area contributed by atoms with Crippen LogP contribution in [0.15, 0.2) is 109 Å². The average molecular weight is 788 g/mol. The molecule has 4 nitrogen and oxygen atoms in total. The minimum absolute atomic E-state index is 0.0920. The van der Waals surface area contributed by atoms with Crippen LogP contribution in [0.5, 0.6) is 0 Å². The Bertz CT molecular complexity index is 1120. The highest BCUT2D eigenvalue weighted by atomic mass is 16.3. The molecule has 1 amide bonds. The maximum Gasteiger partial charge on any atom is 0.220 e. The van der Waals surface area contributed by atoms with E-state index >= 15 is 0 Å². The van der Waals surface area contributed by atoms with Crippen molar-refractivity contribution in [3.63, 3.8) is 0 Å². The number of carbonyl (C=O) groups excluding carboxylic acids is 1. The van der Waals surface area contributed by atoms with Crippen molar-refractivity contribution in [2.75, 3.05) is 6.61 Å². The first-order valence-electron chi connectivity index (χ1n) is 23.6. The minimum atomic E-state index is -0.881. The summed E-state index contributed by atoms with van der Waals surface area (Å²) in [6.45, 7) is 4.16. The Morgan fingerprint density at radius 3 is 1.23 bits per heavy atom. The van der Waals surface area contributed by atoms with Gasteiger partial charge in [-0.05, 0) is 96.3 Å². The molecule has 2 unspecified atom stereocenters. The molecular weight excluding hydrogens is 699 g/mol. The van der Waals surface area contributed by atoms with E-state index in [9.17, 15) is 15.0 Å². The van der Waals surface area contributed by atoms with E-state index in [1.807, 2.05) is 6.08 Å². The SMILES string of the molecule is CC/C=C\C/C=C\C/C=C\C/C=C\C/C=C\C/C=C\CCCCCCCCCCC(=O)NC(CO)C(O)/C=C/CC/C=C/CC/C=C/CCCCCCCCCC. The molecule has 0 heterocycles. The Kier molecular flexibility index (Phi) is 45.0. The van der Waals surface area contributed by atoms with E-state index < -0.39 is 12.1 Å². The molecule has 324 valence electrons. The van der Waals surface area contributed by atoms with Crippen molar-refractivity contribution in [2.45, 2.75) is 212 Å². The molecule has 4 heteroatoms. The smallest absolute Gasteiger partial charge is 0.220 e. The molecule has 0 aliphatic carbocycles. The maximum absolute atomic E-state index is 12.4. The summed E-state index contributed by atoms with van der Waals surface area (Å²) < 4.78 is 0. The predicted octanol–water partition coefficient (Wildman–Crippen LogP) is 15.2. The molecule has 0 aromatic heterocycles. The Morgan fingerprint density at radius 1 is 0.439 bits per heavy atom. The summed E-state index contributed by atoms with van der Waals surface area (Å²) in [5.74, 6) is -0.0920. The van der Waals surface area contributed by atoms with Gasteiger partial charge in [0.2, 0.25) is 5.91 Å². The zero-order valence-electron chi connectivity index (χ0n) is 37.1. The summed E-state index contributed by atoms with van der Waals surface area (Å²) in [6, 6.07) is -0.658. The number of hydrogen-bond acceptors (Lipinski definition) is 3. The van der Waals surface area contributed by atoms with Crippen molar-refractivity contribution in [3.8, 4) is 0 Å². The number of allylic oxidation sites excluding steroid dienone is 17. The quantitative estimate of drug-likeness (QED) is 0.0427. The molecule has 0 aromatic rings. The normalized spacial score (nSPS) is 14.0. The summed E-state index contributed by atoms with van der Waals surface area (Å²) in [4.78, 5) is 12.4. The van der Waals surface area contributed by atoms with Crippen molar-refractivity contribution in [3.05, 3.63) is 109 Å². The summed E-state index contributed by atoms with van der Waals surface area (Å²) >= 11 is 0. The molecule has 0 fully saturated rings. The highest BCUT2D eigenvalue weighted by Crippen LogP contribution is 2.12. The van der Waals surface area contributed by atoms with Crippen LogP contribution in [-0.4, -0.2) is 34.9 Å². The van der Waals surface area contributed by atoms with E-state index in [4.69, 9.17) is 0 Å². The van der Waals surface area contributed by atoms with E-state index in [0.717, 1.165) is 89.9 Å². The highest BCUT2D eigenvalue weighted by Gasteiger charge is 2.17. The third-order valence-electron chi connectivity index (χ3n) is 9.97. The molecule has 0 aromatic carbocycles. The van der Waals surface area contributed by atoms with Gasteiger partial charge in [-0.3, -0.25) is 4.79 Å². The molecule has 0 aliphatic heterocycles. The van der Waals surface area contributed by atoms with E-state index in [0.29, 0.717) is 6.42 Å². The van der Waals surface area contributed by atoms with Crippen LogP contribution in [0.2, 0.25) is 0 Å². The summed E-state index contributed by atoms with van der Waals surface area (Å²) in [5, 5.41) is 23.0. The third-order valence-corrected chi connectivity index (χ3v) is 9.97. The molecule has 0 saturated carbocycles. The van der Waals surface area contributed by atoms with Crippen LogP contribution in [0.25, 0.3) is 0 Å². The second-order valence-corrected chi connectivity index (χ2v) is 15.4. The molecular formula is C53H89NO3. The molecule has 0 aliphatic rings. The molecule has 3 N–H and O–H groups in total. The Labute approximate surface area is 353 Å². The number of aliphatic hydroxyl groups excluding tert-OH is 2. The van der Waals surface area contributed by atoms with Gasteiger partial charge in [-0.1, -0.05) is 207 Å². The van der Waals surface area contributed by atoms with Gasteiger partial charge in [0, 0.05) is 6.42 Å². The van der Waals surface area contributed by atoms with E-state index in [-0.39, 0.29) is 12.5 Å². The van der Waals surface area contributed by atoms with Gasteiger partial charge in [0.1, 0.15) is 0 Å². The first-order chi connectivity index (χ1) is 28.2. The van der Waals surface area contributed by atoms with E-state index in [1.165, 1.54) is 89.9 Å². The lowest BCUT2D eigenvalue weighted by atomic mass is 10.1. The van der Waals surface area contributed by atoms with E-state index in [1.54, 1.807) is 6.08 Å². The van der Waals surface area contributed by atoms with Gasteiger partial charge >= 0.3 is 0 Å². The molecule has 0 spiro atoms. The zero-order chi connectivity index (χ0) is 41.4. The fraction of sp³-hybridized carbons (Fsp3) is 0.642. The van der Waals surface area contributed by atoms with Crippen molar-refractivity contribution in [1.29, 1.82) is 0 Å². The zero-order valence-corrected chi connectivity index (χ0v) is 37.1. The molecule has 2 atom stereocenters. The number of unbranched alkanes of at least 4 members (excludes halogenated alkanes) is 18. The summed E-state index contributed by atoms with van der Waals surface area (Å²) in [5.41, 5.74) is 0. The largest absolute Gasteiger partial charge is 0.394 e. The standard InChI is InChI=1S/C53H89NO3/c1-3-5-7-9-11-13-15-17-19-21-23-24-25-26-27-28-29-30-31-33-35-37-39-41-43-45-47-49-53(57)54-51(50-55)52(56)48-46-44-42-40-38-36-34-32-22-20-18-16-14-12-10-8-6-4-2/h5,7,11,13,17,19,22-24,26-27,29-30,32,38,40,46,48,51-52,55-56H,3-4,6,8-10,12,14-16,18,20-21,25,28,31,33-37,39,41-45,47,49-50H2,1-2H3,(H,54,57)/b7-5-,13-11-,19-17-,24-23-,27-26-,30-29-,32-22+,40-38+,48-46+. The Balaban J connectivity index is 3.69. The molecule has 0 radical (unpaired) electrons. The van der Waals surface area contributed by atoms with Gasteiger partial charge in [0.05, 0.1) is 18.8 Å². The van der Waals surface area contributed by atoms with Crippen LogP contribution in [0.1, 0.15) is 200 Å². The number of hydrogen-bond donors (Lipinski definition) is 3. The number of carbonyl (C=O) groups is 1. The van der Waals surface area contributed by atoms with Crippen LogP contribution in [0.3, 0.4) is 0 Å². The summed E-state index contributed by atoms with van der Waals surface area (Å²) in [7, 11) is 0. The molecule has 0 bridgehead atoms. The summed E-state index contributed by atoms with van der Waals surface area (Å²) in [6.07, 6.45) is 72.0. The van der Waals surface area contributed by atoms with Gasteiger partial charge in [0.15, 0.2) is 0 Å². The second kappa shape index (κ2) is 47.4. The van der Waals surface area contributed by atoms with Crippen molar-refractivity contribution in [1.82, 2.24) is 5.32 Å². The van der Waals surface area contributed by atoms with Crippen LogP contribution in [0, 0.1) is 0 Å². The first kappa shape index (κ1) is 54.1. The van der Waals surface area contributed by atoms with Crippen LogP contribution in [-0.2, 0) is 4.79 Å². The average Bonchev–Trinajstić information content (AvgIpc) is 3.22.